The lowest BCUT2D eigenvalue weighted by atomic mass is 10.1. The molecule has 0 spiro atoms. The number of anilines is 1. The van der Waals surface area contributed by atoms with Crippen molar-refractivity contribution >= 4 is 16.7 Å². The second-order valence-electron chi connectivity index (χ2n) is 4.70. The molecule has 2 heterocycles. The predicted molar refractivity (Wildman–Crippen MR) is 81.6 cm³/mol. The molecule has 1 aromatic carbocycles. The Morgan fingerprint density at radius 3 is 2.76 bits per heavy atom. The van der Waals surface area contributed by atoms with Crippen LogP contribution in [-0.4, -0.2) is 21.5 Å². The fourth-order valence-electron chi connectivity index (χ4n) is 2.26. The number of fused-ring (bicyclic) bond motifs is 1. The lowest BCUT2D eigenvalue weighted by Gasteiger charge is -2.10. The summed E-state index contributed by atoms with van der Waals surface area (Å²) in [5.74, 6) is 0.336. The molecule has 0 radical (unpaired) electrons. The van der Waals surface area contributed by atoms with Gasteiger partial charge in [0, 0.05) is 23.7 Å². The fraction of sp³-hybridized carbons (Fsp3) is 0.188. The zero-order valence-electron chi connectivity index (χ0n) is 11.9. The summed E-state index contributed by atoms with van der Waals surface area (Å²) in [6, 6.07) is 9.62. The van der Waals surface area contributed by atoms with Crippen molar-refractivity contribution in [3.63, 3.8) is 0 Å². The third kappa shape index (κ3) is 2.42. The molecule has 106 valence electrons. The zero-order valence-corrected chi connectivity index (χ0v) is 11.9. The number of pyridine rings is 1. The number of rotatable bonds is 3. The first-order valence-electron chi connectivity index (χ1n) is 6.83. The Bertz CT molecular complexity index is 796. The normalized spacial score (nSPS) is 10.8. The summed E-state index contributed by atoms with van der Waals surface area (Å²) in [5.41, 5.74) is 2.05. The predicted octanol–water partition coefficient (Wildman–Crippen LogP) is 3.57. The van der Waals surface area contributed by atoms with Crippen molar-refractivity contribution in [2.45, 2.75) is 13.8 Å². The van der Waals surface area contributed by atoms with Crippen LogP contribution in [0, 0.1) is 12.7 Å². The molecular weight excluding hydrogens is 267 g/mol. The maximum atomic E-state index is 14.0. The molecule has 21 heavy (non-hydrogen) atoms. The van der Waals surface area contributed by atoms with Gasteiger partial charge in [-0.15, -0.1) is 0 Å². The first-order chi connectivity index (χ1) is 10.2. The van der Waals surface area contributed by atoms with Crippen LogP contribution in [0.2, 0.25) is 0 Å². The average Bonchev–Trinajstić information content (AvgIpc) is 2.51. The number of para-hydroxylation sites is 1. The average molecular weight is 282 g/mol. The third-order valence-corrected chi connectivity index (χ3v) is 3.25. The highest BCUT2D eigenvalue weighted by atomic mass is 19.1. The highest BCUT2D eigenvalue weighted by molar-refractivity contribution is 5.92. The third-order valence-electron chi connectivity index (χ3n) is 3.25. The first kappa shape index (κ1) is 13.4. The highest BCUT2D eigenvalue weighted by Gasteiger charge is 2.14. The molecule has 0 unspecified atom stereocenters. The Morgan fingerprint density at radius 2 is 1.95 bits per heavy atom. The lowest BCUT2D eigenvalue weighted by molar-refractivity contribution is 0.606. The van der Waals surface area contributed by atoms with E-state index in [4.69, 9.17) is 0 Å². The minimum Gasteiger partial charge on any atom is -0.368 e. The number of hydrogen-bond acceptors (Lipinski definition) is 4. The van der Waals surface area contributed by atoms with Crippen molar-refractivity contribution in [2.75, 3.05) is 11.9 Å². The standard InChI is InChI=1S/C16H15FN4/c1-3-18-16-14(17)10(2)20-15(21-16)12-8-9-19-13-7-5-4-6-11(12)13/h4-9H,3H2,1-2H3,(H,18,20,21). The Morgan fingerprint density at radius 1 is 1.14 bits per heavy atom. The topological polar surface area (TPSA) is 50.7 Å². The molecule has 3 rings (SSSR count). The molecule has 5 heteroatoms. The molecular formula is C16H15FN4. The quantitative estimate of drug-likeness (QED) is 0.798. The van der Waals surface area contributed by atoms with Crippen molar-refractivity contribution in [3.8, 4) is 11.4 Å². The van der Waals surface area contributed by atoms with E-state index in [1.165, 1.54) is 0 Å². The molecule has 0 aliphatic rings. The first-order valence-corrected chi connectivity index (χ1v) is 6.83. The van der Waals surface area contributed by atoms with E-state index in [9.17, 15) is 4.39 Å². The van der Waals surface area contributed by atoms with E-state index in [1.54, 1.807) is 13.1 Å². The molecule has 0 aliphatic carbocycles. The zero-order chi connectivity index (χ0) is 14.8. The van der Waals surface area contributed by atoms with E-state index < -0.39 is 5.82 Å². The van der Waals surface area contributed by atoms with E-state index in [2.05, 4.69) is 20.3 Å². The van der Waals surface area contributed by atoms with Crippen LogP contribution >= 0.6 is 0 Å². The second-order valence-corrected chi connectivity index (χ2v) is 4.70. The largest absolute Gasteiger partial charge is 0.368 e. The van der Waals surface area contributed by atoms with E-state index in [0.717, 1.165) is 16.5 Å². The molecule has 3 aromatic rings. The molecule has 0 bridgehead atoms. The van der Waals surface area contributed by atoms with Gasteiger partial charge >= 0.3 is 0 Å². The summed E-state index contributed by atoms with van der Waals surface area (Å²) < 4.78 is 14.0. The SMILES string of the molecule is CCNc1nc(-c2ccnc3ccccc23)nc(C)c1F. The van der Waals surface area contributed by atoms with Gasteiger partial charge in [0.05, 0.1) is 11.2 Å². The van der Waals surface area contributed by atoms with Gasteiger partial charge in [-0.2, -0.15) is 0 Å². The van der Waals surface area contributed by atoms with Crippen LogP contribution in [0.5, 0.6) is 0 Å². The minimum atomic E-state index is -0.404. The van der Waals surface area contributed by atoms with Crippen LogP contribution in [0.1, 0.15) is 12.6 Å². The number of hydrogen-bond donors (Lipinski definition) is 1. The van der Waals surface area contributed by atoms with Crippen molar-refractivity contribution < 1.29 is 4.39 Å². The summed E-state index contributed by atoms with van der Waals surface area (Å²) in [4.78, 5) is 12.9. The fourth-order valence-corrected chi connectivity index (χ4v) is 2.26. The van der Waals surface area contributed by atoms with Crippen LogP contribution < -0.4 is 5.32 Å². The number of nitrogens with one attached hydrogen (secondary N) is 1. The van der Waals surface area contributed by atoms with E-state index in [0.29, 0.717) is 18.1 Å². The van der Waals surface area contributed by atoms with Gasteiger partial charge in [0.25, 0.3) is 0 Å². The lowest BCUT2D eigenvalue weighted by Crippen LogP contribution is -2.07. The van der Waals surface area contributed by atoms with Gasteiger partial charge in [-0.3, -0.25) is 4.98 Å². The molecule has 0 saturated carbocycles. The van der Waals surface area contributed by atoms with E-state index >= 15 is 0 Å². The molecule has 4 nitrogen and oxygen atoms in total. The van der Waals surface area contributed by atoms with Gasteiger partial charge in [0.1, 0.15) is 0 Å². The maximum absolute atomic E-state index is 14.0. The van der Waals surface area contributed by atoms with Crippen molar-refractivity contribution in [3.05, 3.63) is 48.0 Å². The second kappa shape index (κ2) is 5.44. The Labute approximate surface area is 122 Å². The summed E-state index contributed by atoms with van der Waals surface area (Å²) in [6.45, 7) is 4.15. The van der Waals surface area contributed by atoms with Gasteiger partial charge < -0.3 is 5.32 Å². The van der Waals surface area contributed by atoms with Crippen LogP contribution in [-0.2, 0) is 0 Å². The monoisotopic (exact) mass is 282 g/mol. The molecule has 0 saturated heterocycles. The van der Waals surface area contributed by atoms with Gasteiger partial charge in [0.15, 0.2) is 17.5 Å². The van der Waals surface area contributed by atoms with Gasteiger partial charge in [-0.05, 0) is 26.0 Å². The smallest absolute Gasteiger partial charge is 0.186 e. The van der Waals surface area contributed by atoms with E-state index in [1.807, 2.05) is 37.3 Å². The van der Waals surface area contributed by atoms with Gasteiger partial charge in [0.2, 0.25) is 0 Å². The van der Waals surface area contributed by atoms with Crippen LogP contribution in [0.3, 0.4) is 0 Å². The van der Waals surface area contributed by atoms with E-state index in [-0.39, 0.29) is 5.82 Å². The molecule has 1 N–H and O–H groups in total. The van der Waals surface area contributed by atoms with Gasteiger partial charge in [-0.1, -0.05) is 18.2 Å². The molecule has 2 aromatic heterocycles. The van der Waals surface area contributed by atoms with Crippen LogP contribution in [0.25, 0.3) is 22.3 Å². The minimum absolute atomic E-state index is 0.237. The number of nitrogens with zero attached hydrogens (tertiary/aromatic N) is 3. The molecule has 0 amide bonds. The summed E-state index contributed by atoms with van der Waals surface area (Å²) >= 11 is 0. The Kier molecular flexibility index (Phi) is 3.48. The highest BCUT2D eigenvalue weighted by Crippen LogP contribution is 2.26. The van der Waals surface area contributed by atoms with Crippen molar-refractivity contribution in [2.24, 2.45) is 0 Å². The van der Waals surface area contributed by atoms with Gasteiger partial charge in [-0.25, -0.2) is 14.4 Å². The van der Waals surface area contributed by atoms with Crippen LogP contribution in [0.15, 0.2) is 36.5 Å². The number of aromatic nitrogens is 3. The van der Waals surface area contributed by atoms with Crippen molar-refractivity contribution in [1.29, 1.82) is 0 Å². The maximum Gasteiger partial charge on any atom is 0.186 e. The molecule has 0 fully saturated rings. The summed E-state index contributed by atoms with van der Waals surface area (Å²) in [5, 5.41) is 3.89. The van der Waals surface area contributed by atoms with Crippen molar-refractivity contribution in [1.82, 2.24) is 15.0 Å². The van der Waals surface area contributed by atoms with Crippen LogP contribution in [0.4, 0.5) is 10.2 Å². The molecule has 0 aliphatic heterocycles. The number of aryl methyl sites for hydroxylation is 1. The summed E-state index contributed by atoms with van der Waals surface area (Å²) in [6.07, 6.45) is 1.71. The molecule has 0 atom stereocenters. The Hall–Kier alpha value is -2.56. The Balaban J connectivity index is 2.23. The number of benzene rings is 1. The summed E-state index contributed by atoms with van der Waals surface area (Å²) in [7, 11) is 0. The number of halogens is 1.